The van der Waals surface area contributed by atoms with Crippen LogP contribution in [-0.2, 0) is 10.1 Å². The number of pyridine rings is 1. The van der Waals surface area contributed by atoms with E-state index in [2.05, 4.69) is 9.17 Å². The van der Waals surface area contributed by atoms with E-state index < -0.39 is 27.5 Å². The molecule has 6 nitrogen and oxygen atoms in total. The van der Waals surface area contributed by atoms with Crippen LogP contribution in [0.5, 0.6) is 5.88 Å². The molecule has 0 radical (unpaired) electrons. The van der Waals surface area contributed by atoms with Crippen LogP contribution in [0.1, 0.15) is 10.4 Å². The standard InChI is InChI=1S/C11H6F3NO5S/c12-11(13,14)21(18,19)20-9-4-6-2-1-3-7(10(16)17)8(6)5-15-9/h1-5H,(H,16,17). The summed E-state index contributed by atoms with van der Waals surface area (Å²) in [7, 11) is -5.82. The van der Waals surface area contributed by atoms with Crippen molar-refractivity contribution in [1.29, 1.82) is 0 Å². The van der Waals surface area contributed by atoms with Gasteiger partial charge in [-0.15, -0.1) is 0 Å². The van der Waals surface area contributed by atoms with Gasteiger partial charge in [-0.05, 0) is 11.5 Å². The summed E-state index contributed by atoms with van der Waals surface area (Å²) in [6.45, 7) is 0. The number of halogens is 3. The van der Waals surface area contributed by atoms with Gasteiger partial charge in [0.15, 0.2) is 0 Å². The lowest BCUT2D eigenvalue weighted by molar-refractivity contribution is -0.0501. The fourth-order valence-corrected chi connectivity index (χ4v) is 1.95. The van der Waals surface area contributed by atoms with Crippen LogP contribution in [-0.4, -0.2) is 30.0 Å². The minimum absolute atomic E-state index is 0.120. The zero-order valence-electron chi connectivity index (χ0n) is 9.96. The van der Waals surface area contributed by atoms with Gasteiger partial charge in [0.05, 0.1) is 5.56 Å². The Bertz CT molecular complexity index is 816. The molecule has 0 aliphatic heterocycles. The summed E-state index contributed by atoms with van der Waals surface area (Å²) in [6, 6.07) is 4.93. The lowest BCUT2D eigenvalue weighted by atomic mass is 10.1. The number of nitrogens with zero attached hydrogens (tertiary/aromatic N) is 1. The maximum Gasteiger partial charge on any atom is 0.534 e. The lowest BCUT2D eigenvalue weighted by Gasteiger charge is -2.09. The highest BCUT2D eigenvalue weighted by atomic mass is 32.2. The molecular weight excluding hydrogens is 315 g/mol. The van der Waals surface area contributed by atoms with Gasteiger partial charge in [0, 0.05) is 17.6 Å². The Kier molecular flexibility index (Phi) is 3.49. The number of fused-ring (bicyclic) bond motifs is 1. The van der Waals surface area contributed by atoms with Crippen LogP contribution in [0, 0.1) is 0 Å². The van der Waals surface area contributed by atoms with Gasteiger partial charge >= 0.3 is 21.6 Å². The first-order valence-electron chi connectivity index (χ1n) is 5.24. The highest BCUT2D eigenvalue weighted by molar-refractivity contribution is 7.87. The number of hydrogen-bond acceptors (Lipinski definition) is 5. The summed E-state index contributed by atoms with van der Waals surface area (Å²) in [5.74, 6) is -2.05. The molecule has 1 aromatic carbocycles. The molecule has 0 atom stereocenters. The van der Waals surface area contributed by atoms with Crippen LogP contribution >= 0.6 is 0 Å². The monoisotopic (exact) mass is 321 g/mol. The van der Waals surface area contributed by atoms with Gasteiger partial charge in [0.1, 0.15) is 0 Å². The quantitative estimate of drug-likeness (QED) is 0.688. The second-order valence-electron chi connectivity index (χ2n) is 3.84. The fourth-order valence-electron chi connectivity index (χ4n) is 1.54. The van der Waals surface area contributed by atoms with E-state index in [0.717, 1.165) is 12.3 Å². The number of alkyl halides is 3. The first-order valence-corrected chi connectivity index (χ1v) is 6.65. The average Bonchev–Trinajstić information content (AvgIpc) is 2.35. The van der Waals surface area contributed by atoms with E-state index in [1.165, 1.54) is 18.2 Å². The summed E-state index contributed by atoms with van der Waals surface area (Å²) in [4.78, 5) is 14.3. The molecule has 1 aromatic heterocycles. The van der Waals surface area contributed by atoms with E-state index in [9.17, 15) is 26.4 Å². The number of benzene rings is 1. The molecule has 2 rings (SSSR count). The Hall–Kier alpha value is -2.36. The SMILES string of the molecule is O=C(O)c1cccc2cc(OS(=O)(=O)C(F)(F)F)ncc12. The van der Waals surface area contributed by atoms with Gasteiger partial charge in [0.2, 0.25) is 5.88 Å². The highest BCUT2D eigenvalue weighted by Crippen LogP contribution is 2.28. The number of hydrogen-bond donors (Lipinski definition) is 1. The molecule has 1 N–H and O–H groups in total. The molecule has 0 amide bonds. The van der Waals surface area contributed by atoms with E-state index in [4.69, 9.17) is 5.11 Å². The molecule has 0 saturated heterocycles. The van der Waals surface area contributed by atoms with Crippen molar-refractivity contribution in [2.24, 2.45) is 0 Å². The van der Waals surface area contributed by atoms with E-state index in [0.29, 0.717) is 0 Å². The van der Waals surface area contributed by atoms with Crippen molar-refractivity contribution in [2.45, 2.75) is 5.51 Å². The van der Waals surface area contributed by atoms with Crippen LogP contribution in [0.3, 0.4) is 0 Å². The van der Waals surface area contributed by atoms with Crippen molar-refractivity contribution < 1.29 is 35.7 Å². The number of aromatic carboxylic acids is 1. The predicted molar refractivity (Wildman–Crippen MR) is 64.3 cm³/mol. The Balaban J connectivity index is 2.49. The maximum atomic E-state index is 12.2. The summed E-state index contributed by atoms with van der Waals surface area (Å²) in [6.07, 6.45) is 0.931. The van der Waals surface area contributed by atoms with Crippen molar-refractivity contribution in [3.8, 4) is 5.88 Å². The third-order valence-electron chi connectivity index (χ3n) is 2.45. The smallest absolute Gasteiger partial charge is 0.478 e. The van der Waals surface area contributed by atoms with E-state index >= 15 is 0 Å². The molecule has 1 heterocycles. The zero-order chi connectivity index (χ0) is 15.8. The molecule has 0 saturated carbocycles. The molecule has 112 valence electrons. The molecule has 0 spiro atoms. The topological polar surface area (TPSA) is 93.6 Å². The molecule has 0 fully saturated rings. The molecular formula is C11H6F3NO5S. The number of carboxylic acids is 1. The summed E-state index contributed by atoms with van der Waals surface area (Å²) < 4.78 is 62.1. The van der Waals surface area contributed by atoms with Crippen LogP contribution < -0.4 is 4.18 Å². The zero-order valence-corrected chi connectivity index (χ0v) is 10.8. The Morgan fingerprint density at radius 1 is 1.29 bits per heavy atom. The van der Waals surface area contributed by atoms with Crippen LogP contribution in [0.4, 0.5) is 13.2 Å². The normalized spacial score (nSPS) is 12.3. The summed E-state index contributed by atoms with van der Waals surface area (Å²) in [5, 5.41) is 9.26. The Morgan fingerprint density at radius 2 is 1.95 bits per heavy atom. The van der Waals surface area contributed by atoms with Gasteiger partial charge < -0.3 is 9.29 Å². The van der Waals surface area contributed by atoms with Crippen molar-refractivity contribution in [3.63, 3.8) is 0 Å². The third-order valence-corrected chi connectivity index (χ3v) is 3.41. The molecule has 0 aliphatic carbocycles. The van der Waals surface area contributed by atoms with Gasteiger partial charge in [0.25, 0.3) is 0 Å². The Labute approximate surface area is 115 Å². The largest absolute Gasteiger partial charge is 0.534 e. The molecule has 10 heteroatoms. The number of rotatable bonds is 3. The summed E-state index contributed by atoms with van der Waals surface area (Å²) >= 11 is 0. The van der Waals surface area contributed by atoms with Crippen molar-refractivity contribution >= 4 is 26.9 Å². The van der Waals surface area contributed by atoms with Gasteiger partial charge in [-0.1, -0.05) is 12.1 Å². The first-order chi connectivity index (χ1) is 9.62. The lowest BCUT2D eigenvalue weighted by Crippen LogP contribution is -2.28. The van der Waals surface area contributed by atoms with E-state index in [-0.39, 0.29) is 16.3 Å². The van der Waals surface area contributed by atoms with Crippen LogP contribution in [0.15, 0.2) is 30.5 Å². The second-order valence-corrected chi connectivity index (χ2v) is 5.38. The van der Waals surface area contributed by atoms with Crippen molar-refractivity contribution in [1.82, 2.24) is 4.98 Å². The maximum absolute atomic E-state index is 12.2. The average molecular weight is 321 g/mol. The molecule has 0 unspecified atom stereocenters. The first kappa shape index (κ1) is 15.0. The highest BCUT2D eigenvalue weighted by Gasteiger charge is 2.48. The van der Waals surface area contributed by atoms with Gasteiger partial charge in [-0.25, -0.2) is 9.78 Å². The number of carbonyl (C=O) groups is 1. The minimum atomic E-state index is -5.82. The van der Waals surface area contributed by atoms with Crippen molar-refractivity contribution in [2.75, 3.05) is 0 Å². The van der Waals surface area contributed by atoms with Crippen LogP contribution in [0.25, 0.3) is 10.8 Å². The van der Waals surface area contributed by atoms with Gasteiger partial charge in [-0.2, -0.15) is 21.6 Å². The van der Waals surface area contributed by atoms with Crippen LogP contribution in [0.2, 0.25) is 0 Å². The predicted octanol–water partition coefficient (Wildman–Crippen LogP) is 2.16. The van der Waals surface area contributed by atoms with Crippen molar-refractivity contribution in [3.05, 3.63) is 36.0 Å². The third kappa shape index (κ3) is 2.89. The van der Waals surface area contributed by atoms with E-state index in [1.54, 1.807) is 0 Å². The summed E-state index contributed by atoms with van der Waals surface area (Å²) in [5.41, 5.74) is -5.70. The second kappa shape index (κ2) is 4.88. The fraction of sp³-hybridized carbons (Fsp3) is 0.0909. The molecule has 0 aliphatic rings. The molecule has 2 aromatic rings. The minimum Gasteiger partial charge on any atom is -0.478 e. The number of aromatic nitrogens is 1. The van der Waals surface area contributed by atoms with Gasteiger partial charge in [-0.3, -0.25) is 0 Å². The molecule has 21 heavy (non-hydrogen) atoms. The van der Waals surface area contributed by atoms with E-state index in [1.807, 2.05) is 0 Å². The number of carboxylic acid groups (broad SMARTS) is 1. The Morgan fingerprint density at radius 3 is 2.52 bits per heavy atom. The molecule has 0 bridgehead atoms.